The Bertz CT molecular complexity index is 650. The molecule has 1 aliphatic heterocycles. The number of carbonyl (C=O) groups is 1. The van der Waals surface area contributed by atoms with Crippen molar-refractivity contribution in [1.82, 2.24) is 4.90 Å². The predicted molar refractivity (Wildman–Crippen MR) is 75.5 cm³/mol. The second kappa shape index (κ2) is 6.29. The van der Waals surface area contributed by atoms with Gasteiger partial charge in [0.25, 0.3) is 0 Å². The van der Waals surface area contributed by atoms with Gasteiger partial charge in [0.2, 0.25) is 5.91 Å². The lowest BCUT2D eigenvalue weighted by Gasteiger charge is -2.31. The number of halogens is 2. The van der Waals surface area contributed by atoms with E-state index < -0.39 is 27.3 Å². The van der Waals surface area contributed by atoms with Crippen LogP contribution in [0.15, 0.2) is 23.1 Å². The van der Waals surface area contributed by atoms with Crippen molar-refractivity contribution < 1.29 is 22.3 Å². The fourth-order valence-electron chi connectivity index (χ4n) is 2.05. The van der Waals surface area contributed by atoms with E-state index in [1.165, 1.54) is 4.90 Å². The third kappa shape index (κ3) is 3.93. The van der Waals surface area contributed by atoms with E-state index in [9.17, 15) is 17.6 Å². The van der Waals surface area contributed by atoms with Gasteiger partial charge in [-0.05, 0) is 25.1 Å². The van der Waals surface area contributed by atoms with Crippen molar-refractivity contribution >= 4 is 27.3 Å². The van der Waals surface area contributed by atoms with E-state index >= 15 is 0 Å². The van der Waals surface area contributed by atoms with Gasteiger partial charge in [0, 0.05) is 13.1 Å². The summed E-state index contributed by atoms with van der Waals surface area (Å²) in [5.74, 6) is -1.86. The van der Waals surface area contributed by atoms with Crippen LogP contribution >= 0.6 is 11.6 Å². The van der Waals surface area contributed by atoms with E-state index in [1.807, 2.05) is 6.92 Å². The standard InChI is InChI=1S/C13H15ClFNO4S/c1-9-7-16(4-5-20-9)13(17)8-21(18,19)10-2-3-12(15)11(14)6-10/h2-3,6,9H,4-5,7-8H2,1H3/t9-/m0/s1. The summed E-state index contributed by atoms with van der Waals surface area (Å²) in [6, 6.07) is 3.09. The first-order valence-corrected chi connectivity index (χ1v) is 8.40. The highest BCUT2D eigenvalue weighted by Gasteiger charge is 2.27. The number of morpholine rings is 1. The van der Waals surface area contributed by atoms with Gasteiger partial charge < -0.3 is 9.64 Å². The van der Waals surface area contributed by atoms with Crippen molar-refractivity contribution in [1.29, 1.82) is 0 Å². The molecule has 1 amide bonds. The van der Waals surface area contributed by atoms with Gasteiger partial charge in [-0.1, -0.05) is 11.6 Å². The third-order valence-corrected chi connectivity index (χ3v) is 5.05. The summed E-state index contributed by atoms with van der Waals surface area (Å²) in [5.41, 5.74) is 0. The molecule has 21 heavy (non-hydrogen) atoms. The molecule has 0 aromatic heterocycles. The fraction of sp³-hybridized carbons (Fsp3) is 0.462. The molecule has 0 saturated carbocycles. The Balaban J connectivity index is 2.13. The van der Waals surface area contributed by atoms with Crippen molar-refractivity contribution in [2.24, 2.45) is 0 Å². The van der Waals surface area contributed by atoms with E-state index in [4.69, 9.17) is 16.3 Å². The lowest BCUT2D eigenvalue weighted by molar-refractivity contribution is -0.135. The number of amides is 1. The summed E-state index contributed by atoms with van der Waals surface area (Å²) >= 11 is 5.57. The first-order chi connectivity index (χ1) is 9.79. The smallest absolute Gasteiger partial charge is 0.238 e. The normalized spacial score (nSPS) is 19.6. The first-order valence-electron chi connectivity index (χ1n) is 6.37. The van der Waals surface area contributed by atoms with Crippen LogP contribution in [-0.4, -0.2) is 50.8 Å². The first kappa shape index (κ1) is 16.2. The molecule has 0 spiro atoms. The van der Waals surface area contributed by atoms with Crippen LogP contribution < -0.4 is 0 Å². The summed E-state index contributed by atoms with van der Waals surface area (Å²) in [5, 5.41) is -0.288. The molecule has 1 saturated heterocycles. The number of hydrogen-bond acceptors (Lipinski definition) is 4. The Kier molecular flexibility index (Phi) is 4.85. The fourth-order valence-corrected chi connectivity index (χ4v) is 3.54. The molecular formula is C13H15ClFNO4S. The monoisotopic (exact) mass is 335 g/mol. The molecule has 0 unspecified atom stereocenters. The minimum Gasteiger partial charge on any atom is -0.375 e. The van der Waals surface area contributed by atoms with Crippen LogP contribution in [-0.2, 0) is 19.4 Å². The summed E-state index contributed by atoms with van der Waals surface area (Å²) in [7, 11) is -3.85. The Morgan fingerprint density at radius 2 is 2.24 bits per heavy atom. The number of ether oxygens (including phenoxy) is 1. The van der Waals surface area contributed by atoms with Gasteiger partial charge in [0.15, 0.2) is 9.84 Å². The highest BCUT2D eigenvalue weighted by atomic mass is 35.5. The molecule has 1 atom stereocenters. The zero-order valence-electron chi connectivity index (χ0n) is 11.4. The van der Waals surface area contributed by atoms with Gasteiger partial charge in [-0.3, -0.25) is 4.79 Å². The summed E-state index contributed by atoms with van der Waals surface area (Å²) in [6.45, 7) is 2.92. The number of nitrogens with zero attached hydrogens (tertiary/aromatic N) is 1. The lowest BCUT2D eigenvalue weighted by atomic mass is 10.3. The molecule has 2 rings (SSSR count). The van der Waals surface area contributed by atoms with Crippen LogP contribution in [0.3, 0.4) is 0 Å². The van der Waals surface area contributed by atoms with E-state index in [2.05, 4.69) is 0 Å². The Morgan fingerprint density at radius 1 is 1.52 bits per heavy atom. The number of benzene rings is 1. The third-order valence-electron chi connectivity index (χ3n) is 3.16. The number of sulfone groups is 1. The molecular weight excluding hydrogens is 321 g/mol. The molecule has 8 heteroatoms. The van der Waals surface area contributed by atoms with Crippen molar-refractivity contribution in [3.63, 3.8) is 0 Å². The van der Waals surface area contributed by atoms with E-state index in [0.29, 0.717) is 19.7 Å². The zero-order chi connectivity index (χ0) is 15.6. The van der Waals surface area contributed by atoms with Crippen molar-refractivity contribution in [2.45, 2.75) is 17.9 Å². The molecule has 1 aromatic rings. The average molecular weight is 336 g/mol. The average Bonchev–Trinajstić information content (AvgIpc) is 2.41. The van der Waals surface area contributed by atoms with Crippen molar-refractivity contribution in [3.05, 3.63) is 29.0 Å². The summed E-state index contributed by atoms with van der Waals surface area (Å²) in [4.78, 5) is 13.4. The second-order valence-corrected chi connectivity index (χ2v) is 7.25. The van der Waals surface area contributed by atoms with Gasteiger partial charge in [-0.2, -0.15) is 0 Å². The van der Waals surface area contributed by atoms with Crippen LogP contribution in [0.5, 0.6) is 0 Å². The van der Waals surface area contributed by atoms with Crippen LogP contribution in [0.1, 0.15) is 6.92 Å². The zero-order valence-corrected chi connectivity index (χ0v) is 13.0. The van der Waals surface area contributed by atoms with E-state index in [1.54, 1.807) is 0 Å². The Labute approximate surface area is 127 Å². The maximum atomic E-state index is 13.1. The maximum Gasteiger partial charge on any atom is 0.238 e. The minimum atomic E-state index is -3.85. The number of carbonyl (C=O) groups excluding carboxylic acids is 1. The topological polar surface area (TPSA) is 63.7 Å². The van der Waals surface area contributed by atoms with Crippen LogP contribution in [0, 0.1) is 5.82 Å². The highest BCUT2D eigenvalue weighted by Crippen LogP contribution is 2.20. The highest BCUT2D eigenvalue weighted by molar-refractivity contribution is 7.92. The van der Waals surface area contributed by atoms with Crippen LogP contribution in [0.2, 0.25) is 5.02 Å². The molecule has 1 fully saturated rings. The molecule has 1 heterocycles. The maximum absolute atomic E-state index is 13.1. The van der Waals surface area contributed by atoms with Crippen LogP contribution in [0.25, 0.3) is 0 Å². The molecule has 1 aromatic carbocycles. The van der Waals surface area contributed by atoms with E-state index in [-0.39, 0.29) is 16.0 Å². The molecule has 5 nitrogen and oxygen atoms in total. The van der Waals surface area contributed by atoms with Gasteiger partial charge in [0.05, 0.1) is 22.6 Å². The van der Waals surface area contributed by atoms with Gasteiger partial charge in [0.1, 0.15) is 11.6 Å². The number of rotatable bonds is 3. The van der Waals surface area contributed by atoms with Gasteiger partial charge in [-0.15, -0.1) is 0 Å². The van der Waals surface area contributed by atoms with Crippen LogP contribution in [0.4, 0.5) is 4.39 Å². The largest absolute Gasteiger partial charge is 0.375 e. The molecule has 0 bridgehead atoms. The SMILES string of the molecule is C[C@H]1CN(C(=O)CS(=O)(=O)c2ccc(F)c(Cl)c2)CCO1. The summed E-state index contributed by atoms with van der Waals surface area (Å²) < 4.78 is 42.7. The van der Waals surface area contributed by atoms with Crippen molar-refractivity contribution in [2.75, 3.05) is 25.4 Å². The Hall–Kier alpha value is -1.18. The van der Waals surface area contributed by atoms with Gasteiger partial charge >= 0.3 is 0 Å². The molecule has 0 N–H and O–H groups in total. The minimum absolute atomic E-state index is 0.120. The summed E-state index contributed by atoms with van der Waals surface area (Å²) in [6.07, 6.45) is -0.120. The Morgan fingerprint density at radius 3 is 2.86 bits per heavy atom. The van der Waals surface area contributed by atoms with Crippen molar-refractivity contribution in [3.8, 4) is 0 Å². The van der Waals surface area contributed by atoms with E-state index in [0.717, 1.165) is 18.2 Å². The molecule has 1 aliphatic rings. The molecule has 0 aliphatic carbocycles. The lowest BCUT2D eigenvalue weighted by Crippen LogP contribution is -2.46. The second-order valence-electron chi connectivity index (χ2n) is 4.86. The van der Waals surface area contributed by atoms with Gasteiger partial charge in [-0.25, -0.2) is 12.8 Å². The molecule has 0 radical (unpaired) electrons. The molecule has 116 valence electrons. The quantitative estimate of drug-likeness (QED) is 0.785. The predicted octanol–water partition coefficient (Wildman–Crippen LogP) is 1.50. The number of hydrogen-bond donors (Lipinski definition) is 0.